The SMILES string of the molecule is Cc1cccc(Oc2cncc(CNC3CC3)n2)c1F. The highest BCUT2D eigenvalue weighted by molar-refractivity contribution is 5.32. The molecule has 0 radical (unpaired) electrons. The first kappa shape index (κ1) is 13.0. The molecule has 1 aromatic heterocycles. The molecule has 1 fully saturated rings. The minimum atomic E-state index is -0.365. The van der Waals surface area contributed by atoms with Crippen LogP contribution in [0.4, 0.5) is 4.39 Å². The van der Waals surface area contributed by atoms with Crippen molar-refractivity contribution >= 4 is 0 Å². The van der Waals surface area contributed by atoms with Gasteiger partial charge in [0.2, 0.25) is 5.88 Å². The summed E-state index contributed by atoms with van der Waals surface area (Å²) in [5.41, 5.74) is 1.34. The van der Waals surface area contributed by atoms with Crippen molar-refractivity contribution in [3.63, 3.8) is 0 Å². The van der Waals surface area contributed by atoms with Crippen molar-refractivity contribution < 1.29 is 9.13 Å². The zero-order valence-corrected chi connectivity index (χ0v) is 11.3. The average Bonchev–Trinajstić information content (AvgIpc) is 3.26. The molecule has 1 saturated carbocycles. The molecule has 0 aliphatic heterocycles. The van der Waals surface area contributed by atoms with Gasteiger partial charge >= 0.3 is 0 Å². The highest BCUT2D eigenvalue weighted by atomic mass is 19.1. The Bertz CT molecular complexity index is 614. The lowest BCUT2D eigenvalue weighted by molar-refractivity contribution is 0.421. The standard InChI is InChI=1S/C15H16FN3O/c1-10-3-2-4-13(15(10)16)20-14-9-17-7-12(19-14)8-18-11-5-6-11/h2-4,7,9,11,18H,5-6,8H2,1H3. The van der Waals surface area contributed by atoms with Crippen molar-refractivity contribution in [1.29, 1.82) is 0 Å². The molecule has 0 spiro atoms. The largest absolute Gasteiger partial charge is 0.434 e. The number of nitrogens with zero attached hydrogens (tertiary/aromatic N) is 2. The zero-order valence-electron chi connectivity index (χ0n) is 11.3. The van der Waals surface area contributed by atoms with E-state index in [9.17, 15) is 4.39 Å². The van der Waals surface area contributed by atoms with Crippen LogP contribution in [-0.2, 0) is 6.54 Å². The van der Waals surface area contributed by atoms with E-state index >= 15 is 0 Å². The third kappa shape index (κ3) is 3.11. The second kappa shape index (κ2) is 5.54. The molecule has 0 atom stereocenters. The van der Waals surface area contributed by atoms with Crippen LogP contribution in [0.25, 0.3) is 0 Å². The summed E-state index contributed by atoms with van der Waals surface area (Å²) < 4.78 is 19.3. The molecule has 1 heterocycles. The Hall–Kier alpha value is -2.01. The van der Waals surface area contributed by atoms with E-state index < -0.39 is 0 Å². The highest BCUT2D eigenvalue weighted by Gasteiger charge is 2.20. The molecule has 0 unspecified atom stereocenters. The number of aromatic nitrogens is 2. The van der Waals surface area contributed by atoms with Crippen LogP contribution in [0.15, 0.2) is 30.6 Å². The van der Waals surface area contributed by atoms with Crippen molar-refractivity contribution in [3.8, 4) is 11.6 Å². The molecule has 0 bridgehead atoms. The molecule has 1 aliphatic carbocycles. The van der Waals surface area contributed by atoms with Gasteiger partial charge in [-0.3, -0.25) is 4.98 Å². The smallest absolute Gasteiger partial charge is 0.238 e. The number of ether oxygens (including phenoxy) is 1. The first-order valence-electron chi connectivity index (χ1n) is 6.69. The van der Waals surface area contributed by atoms with E-state index in [2.05, 4.69) is 15.3 Å². The summed E-state index contributed by atoms with van der Waals surface area (Å²) >= 11 is 0. The zero-order chi connectivity index (χ0) is 13.9. The number of hydrogen-bond donors (Lipinski definition) is 1. The Morgan fingerprint density at radius 1 is 1.35 bits per heavy atom. The van der Waals surface area contributed by atoms with Gasteiger partial charge in [0.15, 0.2) is 11.6 Å². The van der Waals surface area contributed by atoms with E-state index in [1.54, 1.807) is 31.3 Å². The fraction of sp³-hybridized carbons (Fsp3) is 0.333. The lowest BCUT2D eigenvalue weighted by atomic mass is 10.2. The van der Waals surface area contributed by atoms with Crippen LogP contribution in [0.2, 0.25) is 0 Å². The summed E-state index contributed by atoms with van der Waals surface area (Å²) in [7, 11) is 0. The van der Waals surface area contributed by atoms with Crippen LogP contribution in [0.1, 0.15) is 24.1 Å². The second-order valence-corrected chi connectivity index (χ2v) is 4.99. The number of halogens is 1. The molecule has 1 N–H and O–H groups in total. The van der Waals surface area contributed by atoms with Gasteiger partial charge in [0.1, 0.15) is 0 Å². The summed E-state index contributed by atoms with van der Waals surface area (Å²) in [6, 6.07) is 5.64. The summed E-state index contributed by atoms with van der Waals surface area (Å²) in [4.78, 5) is 8.41. The van der Waals surface area contributed by atoms with Gasteiger partial charge < -0.3 is 10.1 Å². The lowest BCUT2D eigenvalue weighted by Crippen LogP contribution is -2.16. The van der Waals surface area contributed by atoms with Crippen LogP contribution in [0.5, 0.6) is 11.6 Å². The van der Waals surface area contributed by atoms with Crippen LogP contribution < -0.4 is 10.1 Å². The normalized spacial score (nSPS) is 14.3. The van der Waals surface area contributed by atoms with E-state index in [-0.39, 0.29) is 11.6 Å². The van der Waals surface area contributed by atoms with Gasteiger partial charge in [-0.2, -0.15) is 0 Å². The van der Waals surface area contributed by atoms with E-state index in [1.807, 2.05) is 0 Å². The third-order valence-electron chi connectivity index (χ3n) is 3.18. The first-order valence-corrected chi connectivity index (χ1v) is 6.69. The Balaban J connectivity index is 1.72. The van der Waals surface area contributed by atoms with Gasteiger partial charge in [-0.15, -0.1) is 0 Å². The molecule has 5 heteroatoms. The summed E-state index contributed by atoms with van der Waals surface area (Å²) in [6.07, 6.45) is 5.62. The van der Waals surface area contributed by atoms with E-state index in [1.165, 1.54) is 19.0 Å². The number of benzene rings is 1. The predicted molar refractivity (Wildman–Crippen MR) is 73.1 cm³/mol. The van der Waals surface area contributed by atoms with Crippen molar-refractivity contribution in [2.24, 2.45) is 0 Å². The van der Waals surface area contributed by atoms with Gasteiger partial charge in [0.25, 0.3) is 0 Å². The first-order chi connectivity index (χ1) is 9.72. The van der Waals surface area contributed by atoms with Crippen molar-refractivity contribution in [3.05, 3.63) is 47.7 Å². The lowest BCUT2D eigenvalue weighted by Gasteiger charge is -2.08. The van der Waals surface area contributed by atoms with E-state index in [4.69, 9.17) is 4.74 Å². The Kier molecular flexibility index (Phi) is 3.60. The van der Waals surface area contributed by atoms with Crippen molar-refractivity contribution in [2.75, 3.05) is 0 Å². The van der Waals surface area contributed by atoms with Crippen LogP contribution in [0, 0.1) is 12.7 Å². The average molecular weight is 273 g/mol. The van der Waals surface area contributed by atoms with Gasteiger partial charge in [-0.25, -0.2) is 9.37 Å². The molecule has 0 saturated heterocycles. The Morgan fingerprint density at radius 2 is 2.20 bits per heavy atom. The van der Waals surface area contributed by atoms with Gasteiger partial charge in [0.05, 0.1) is 11.9 Å². The molecule has 0 amide bonds. The number of hydrogen-bond acceptors (Lipinski definition) is 4. The molecule has 1 aliphatic rings. The summed E-state index contributed by atoms with van der Waals surface area (Å²) in [5.74, 6) is 0.118. The Morgan fingerprint density at radius 3 is 3.00 bits per heavy atom. The molecular weight excluding hydrogens is 257 g/mol. The number of rotatable bonds is 5. The minimum absolute atomic E-state index is 0.173. The monoisotopic (exact) mass is 273 g/mol. The quantitative estimate of drug-likeness (QED) is 0.909. The second-order valence-electron chi connectivity index (χ2n) is 4.99. The van der Waals surface area contributed by atoms with Crippen LogP contribution in [-0.4, -0.2) is 16.0 Å². The molecular formula is C15H16FN3O. The fourth-order valence-electron chi connectivity index (χ4n) is 1.87. The topological polar surface area (TPSA) is 47.0 Å². The maximum Gasteiger partial charge on any atom is 0.238 e. The third-order valence-corrected chi connectivity index (χ3v) is 3.18. The maximum atomic E-state index is 13.9. The number of nitrogens with one attached hydrogen (secondary N) is 1. The maximum absolute atomic E-state index is 13.9. The summed E-state index contributed by atoms with van der Waals surface area (Å²) in [6.45, 7) is 2.36. The predicted octanol–water partition coefficient (Wildman–Crippen LogP) is 2.97. The van der Waals surface area contributed by atoms with Crippen LogP contribution >= 0.6 is 0 Å². The Labute approximate surface area is 117 Å². The van der Waals surface area contributed by atoms with Gasteiger partial charge in [-0.05, 0) is 31.4 Å². The minimum Gasteiger partial charge on any atom is -0.434 e. The molecule has 4 nitrogen and oxygen atoms in total. The van der Waals surface area contributed by atoms with Crippen molar-refractivity contribution in [1.82, 2.24) is 15.3 Å². The van der Waals surface area contributed by atoms with E-state index in [0.717, 1.165) is 5.69 Å². The molecule has 1 aromatic carbocycles. The summed E-state index contributed by atoms with van der Waals surface area (Å²) in [5, 5.41) is 3.35. The molecule has 20 heavy (non-hydrogen) atoms. The molecule has 2 aromatic rings. The highest BCUT2D eigenvalue weighted by Crippen LogP contribution is 2.24. The van der Waals surface area contributed by atoms with Gasteiger partial charge in [0, 0.05) is 18.8 Å². The molecule has 3 rings (SSSR count). The fourth-order valence-corrected chi connectivity index (χ4v) is 1.87. The van der Waals surface area contributed by atoms with Gasteiger partial charge in [-0.1, -0.05) is 12.1 Å². The molecule has 104 valence electrons. The number of aryl methyl sites for hydroxylation is 1. The van der Waals surface area contributed by atoms with Crippen molar-refractivity contribution in [2.45, 2.75) is 32.4 Å². The van der Waals surface area contributed by atoms with E-state index in [0.29, 0.717) is 24.0 Å². The van der Waals surface area contributed by atoms with Crippen LogP contribution in [0.3, 0.4) is 0 Å².